The van der Waals surface area contributed by atoms with Crippen LogP contribution in [0.15, 0.2) is 24.3 Å². The second kappa shape index (κ2) is 6.80. The van der Waals surface area contributed by atoms with Crippen LogP contribution in [0.1, 0.15) is 43.6 Å². The molecule has 2 unspecified atom stereocenters. The largest absolute Gasteiger partial charge is 0.497 e. The molecule has 0 spiro atoms. The number of hydrogen-bond acceptors (Lipinski definition) is 3. The average Bonchev–Trinajstić information content (AvgIpc) is 2.99. The Morgan fingerprint density at radius 1 is 1.05 bits per heavy atom. The van der Waals surface area contributed by atoms with Gasteiger partial charge in [-0.05, 0) is 49.9 Å². The predicted molar refractivity (Wildman–Crippen MR) is 87.0 cm³/mol. The van der Waals surface area contributed by atoms with Crippen LogP contribution in [0.2, 0.25) is 0 Å². The van der Waals surface area contributed by atoms with E-state index in [-0.39, 0.29) is 0 Å². The van der Waals surface area contributed by atoms with E-state index in [0.29, 0.717) is 12.0 Å². The minimum Gasteiger partial charge on any atom is -0.497 e. The molecule has 0 radical (unpaired) electrons. The van der Waals surface area contributed by atoms with E-state index < -0.39 is 0 Å². The molecule has 1 heterocycles. The molecule has 1 aliphatic carbocycles. The van der Waals surface area contributed by atoms with Crippen LogP contribution in [0.3, 0.4) is 0 Å². The van der Waals surface area contributed by atoms with Crippen LogP contribution in [0.4, 0.5) is 0 Å². The Morgan fingerprint density at radius 3 is 2.43 bits per heavy atom. The highest BCUT2D eigenvalue weighted by Crippen LogP contribution is 2.29. The molecule has 2 aliphatic rings. The molecule has 1 aromatic carbocycles. The zero-order valence-corrected chi connectivity index (χ0v) is 13.3. The van der Waals surface area contributed by atoms with E-state index in [1.807, 2.05) is 0 Å². The summed E-state index contributed by atoms with van der Waals surface area (Å²) in [7, 11) is 3.98. The SMILES string of the molecule is COc1ccc(C2CC(NC3CCCC3)CN(C)C2)cc1. The van der Waals surface area contributed by atoms with Gasteiger partial charge in [0.1, 0.15) is 5.75 Å². The third-order valence-electron chi connectivity index (χ3n) is 5.05. The summed E-state index contributed by atoms with van der Waals surface area (Å²) in [6.45, 7) is 2.35. The predicted octanol–water partition coefficient (Wildman–Crippen LogP) is 3.02. The molecule has 3 heteroatoms. The van der Waals surface area contributed by atoms with Crippen molar-refractivity contribution in [2.75, 3.05) is 27.2 Å². The first-order valence-corrected chi connectivity index (χ1v) is 8.33. The van der Waals surface area contributed by atoms with Crippen molar-refractivity contribution >= 4 is 0 Å². The number of piperidine rings is 1. The standard InChI is InChI=1S/C18H28N2O/c1-20-12-15(14-7-9-18(21-2)10-8-14)11-17(13-20)19-16-5-3-4-6-16/h7-10,15-17,19H,3-6,11-13H2,1-2H3. The van der Waals surface area contributed by atoms with Crippen LogP contribution in [-0.4, -0.2) is 44.2 Å². The number of benzene rings is 1. The lowest BCUT2D eigenvalue weighted by Crippen LogP contribution is -2.49. The fraction of sp³-hybridized carbons (Fsp3) is 0.667. The number of ether oxygens (including phenoxy) is 1. The van der Waals surface area contributed by atoms with E-state index in [1.165, 1.54) is 44.2 Å². The summed E-state index contributed by atoms with van der Waals surface area (Å²) in [5.41, 5.74) is 1.44. The molecule has 3 nitrogen and oxygen atoms in total. The van der Waals surface area contributed by atoms with Crippen molar-refractivity contribution in [3.8, 4) is 5.75 Å². The normalized spacial score (nSPS) is 27.9. The van der Waals surface area contributed by atoms with Gasteiger partial charge in [0.15, 0.2) is 0 Å². The molecule has 2 atom stereocenters. The minimum absolute atomic E-state index is 0.633. The van der Waals surface area contributed by atoms with Crippen LogP contribution < -0.4 is 10.1 Å². The van der Waals surface area contributed by atoms with Gasteiger partial charge in [-0.2, -0.15) is 0 Å². The van der Waals surface area contributed by atoms with Gasteiger partial charge in [0, 0.05) is 25.2 Å². The topological polar surface area (TPSA) is 24.5 Å². The molecule has 0 bridgehead atoms. The van der Waals surface area contributed by atoms with Crippen molar-refractivity contribution < 1.29 is 4.74 Å². The number of hydrogen-bond donors (Lipinski definition) is 1. The number of likely N-dealkylation sites (N-methyl/N-ethyl adjacent to an activating group) is 1. The first kappa shape index (κ1) is 14.9. The summed E-state index contributed by atoms with van der Waals surface area (Å²) < 4.78 is 5.26. The van der Waals surface area contributed by atoms with Gasteiger partial charge in [-0.25, -0.2) is 0 Å². The lowest BCUT2D eigenvalue weighted by molar-refractivity contribution is 0.195. The molecule has 1 saturated heterocycles. The summed E-state index contributed by atoms with van der Waals surface area (Å²) in [6, 6.07) is 10.0. The Labute approximate surface area is 128 Å². The Kier molecular flexibility index (Phi) is 4.81. The molecule has 0 aromatic heterocycles. The van der Waals surface area contributed by atoms with Gasteiger partial charge >= 0.3 is 0 Å². The third-order valence-corrected chi connectivity index (χ3v) is 5.05. The maximum absolute atomic E-state index is 5.26. The van der Waals surface area contributed by atoms with E-state index in [4.69, 9.17) is 4.74 Å². The van der Waals surface area contributed by atoms with Crippen molar-refractivity contribution in [3.63, 3.8) is 0 Å². The van der Waals surface area contributed by atoms with E-state index in [9.17, 15) is 0 Å². The maximum atomic E-state index is 5.26. The molecule has 1 aromatic rings. The second-order valence-electron chi connectivity index (χ2n) is 6.77. The summed E-state index contributed by atoms with van der Waals surface area (Å²) in [5.74, 6) is 1.58. The molecule has 21 heavy (non-hydrogen) atoms. The third kappa shape index (κ3) is 3.78. The molecular weight excluding hydrogens is 260 g/mol. The molecule has 1 saturated carbocycles. The van der Waals surface area contributed by atoms with Gasteiger partial charge in [-0.3, -0.25) is 0 Å². The lowest BCUT2D eigenvalue weighted by atomic mass is 9.88. The highest BCUT2D eigenvalue weighted by Gasteiger charge is 2.28. The van der Waals surface area contributed by atoms with E-state index >= 15 is 0 Å². The van der Waals surface area contributed by atoms with Crippen molar-refractivity contribution in [1.29, 1.82) is 0 Å². The quantitative estimate of drug-likeness (QED) is 0.922. The number of methoxy groups -OCH3 is 1. The highest BCUT2D eigenvalue weighted by molar-refractivity contribution is 5.30. The van der Waals surface area contributed by atoms with E-state index in [0.717, 1.165) is 18.3 Å². The molecular formula is C18H28N2O. The minimum atomic E-state index is 0.633. The lowest BCUT2D eigenvalue weighted by Gasteiger charge is -2.37. The summed E-state index contributed by atoms with van der Waals surface area (Å²) >= 11 is 0. The average molecular weight is 288 g/mol. The fourth-order valence-electron chi connectivity index (χ4n) is 3.98. The second-order valence-corrected chi connectivity index (χ2v) is 6.77. The van der Waals surface area contributed by atoms with Crippen molar-refractivity contribution in [2.45, 2.75) is 50.1 Å². The molecule has 1 N–H and O–H groups in total. The van der Waals surface area contributed by atoms with Crippen LogP contribution in [0.25, 0.3) is 0 Å². The van der Waals surface area contributed by atoms with Crippen LogP contribution in [-0.2, 0) is 0 Å². The van der Waals surface area contributed by atoms with Gasteiger partial charge in [0.25, 0.3) is 0 Å². The molecule has 1 aliphatic heterocycles. The molecule has 3 rings (SSSR count). The monoisotopic (exact) mass is 288 g/mol. The maximum Gasteiger partial charge on any atom is 0.118 e. The summed E-state index contributed by atoms with van der Waals surface area (Å²) in [4.78, 5) is 2.48. The van der Waals surface area contributed by atoms with Gasteiger partial charge in [-0.15, -0.1) is 0 Å². The summed E-state index contributed by atoms with van der Waals surface area (Å²) in [6.07, 6.45) is 6.80. The van der Waals surface area contributed by atoms with Gasteiger partial charge < -0.3 is 15.0 Å². The van der Waals surface area contributed by atoms with E-state index in [1.54, 1.807) is 7.11 Å². The fourth-order valence-corrected chi connectivity index (χ4v) is 3.98. The van der Waals surface area contributed by atoms with Crippen molar-refractivity contribution in [1.82, 2.24) is 10.2 Å². The Hall–Kier alpha value is -1.06. The summed E-state index contributed by atoms with van der Waals surface area (Å²) in [5, 5.41) is 3.90. The Balaban J connectivity index is 1.63. The van der Waals surface area contributed by atoms with Crippen LogP contribution in [0.5, 0.6) is 5.75 Å². The van der Waals surface area contributed by atoms with Gasteiger partial charge in [0.05, 0.1) is 7.11 Å². The first-order chi connectivity index (χ1) is 10.2. The zero-order chi connectivity index (χ0) is 14.7. The smallest absolute Gasteiger partial charge is 0.118 e. The van der Waals surface area contributed by atoms with Crippen LogP contribution in [0, 0.1) is 0 Å². The molecule has 2 fully saturated rings. The van der Waals surface area contributed by atoms with Gasteiger partial charge in [-0.1, -0.05) is 25.0 Å². The number of rotatable bonds is 4. The van der Waals surface area contributed by atoms with Gasteiger partial charge in [0.2, 0.25) is 0 Å². The first-order valence-electron chi connectivity index (χ1n) is 8.33. The van der Waals surface area contributed by atoms with Crippen molar-refractivity contribution in [3.05, 3.63) is 29.8 Å². The van der Waals surface area contributed by atoms with Crippen molar-refractivity contribution in [2.24, 2.45) is 0 Å². The highest BCUT2D eigenvalue weighted by atomic mass is 16.5. The number of nitrogens with zero attached hydrogens (tertiary/aromatic N) is 1. The molecule has 0 amide bonds. The number of likely N-dealkylation sites (tertiary alicyclic amines) is 1. The van der Waals surface area contributed by atoms with Crippen LogP contribution >= 0.6 is 0 Å². The van der Waals surface area contributed by atoms with E-state index in [2.05, 4.69) is 41.5 Å². The Bertz CT molecular complexity index is 439. The Morgan fingerprint density at radius 2 is 1.76 bits per heavy atom. The zero-order valence-electron chi connectivity index (χ0n) is 13.3. The molecule has 116 valence electrons. The number of nitrogens with one attached hydrogen (secondary N) is 1.